The molecule has 1 atom stereocenters. The predicted molar refractivity (Wildman–Crippen MR) is 92.8 cm³/mol. The smallest absolute Gasteiger partial charge is 0.235 e. The molecule has 2 aromatic carbocycles. The minimum absolute atomic E-state index is 0.160. The van der Waals surface area contributed by atoms with Crippen molar-refractivity contribution < 1.29 is 19.1 Å². The van der Waals surface area contributed by atoms with Crippen molar-refractivity contribution in [3.05, 3.63) is 63.3 Å². The molecule has 128 valence electrons. The van der Waals surface area contributed by atoms with Crippen LogP contribution >= 0.6 is 11.6 Å². The molecular formula is C19H14ClO5-. The van der Waals surface area contributed by atoms with Gasteiger partial charge < -0.3 is 19.1 Å². The van der Waals surface area contributed by atoms with Crippen molar-refractivity contribution >= 4 is 28.5 Å². The first-order chi connectivity index (χ1) is 11.9. The highest BCUT2D eigenvalue weighted by atomic mass is 35.5. The summed E-state index contributed by atoms with van der Waals surface area (Å²) in [5.41, 5.74) is 1.21. The average Bonchev–Trinajstić information content (AvgIpc) is 2.59. The van der Waals surface area contributed by atoms with Gasteiger partial charge in [0.1, 0.15) is 11.7 Å². The van der Waals surface area contributed by atoms with E-state index in [4.69, 9.17) is 20.8 Å². The number of carboxylic acid groups (broad SMARTS) is 1. The maximum Gasteiger partial charge on any atom is 0.235 e. The second-order valence-electron chi connectivity index (χ2n) is 5.63. The van der Waals surface area contributed by atoms with Gasteiger partial charge in [0.25, 0.3) is 0 Å². The molecule has 3 rings (SSSR count). The standard InChI is InChI=1S/C19H15ClO5/c1-10-8-15-13(9-14(10)20)16(21)18(24-11(2)19(22)23)17(25-15)12-6-4-3-5-7-12/h3-9,11H,1-2H3,(H,22,23)/p-1/t11-/m1/s1. The topological polar surface area (TPSA) is 79.6 Å². The Bertz CT molecular complexity index is 1010. The van der Waals surface area contributed by atoms with E-state index in [1.165, 1.54) is 13.0 Å². The van der Waals surface area contributed by atoms with Gasteiger partial charge in [0.15, 0.2) is 5.76 Å². The first-order valence-electron chi connectivity index (χ1n) is 7.58. The number of halogens is 1. The second-order valence-corrected chi connectivity index (χ2v) is 6.04. The third kappa shape index (κ3) is 3.23. The Morgan fingerprint density at radius 3 is 2.56 bits per heavy atom. The van der Waals surface area contributed by atoms with Crippen LogP contribution in [-0.2, 0) is 4.79 Å². The summed E-state index contributed by atoms with van der Waals surface area (Å²) >= 11 is 6.10. The van der Waals surface area contributed by atoms with E-state index in [-0.39, 0.29) is 16.9 Å². The molecule has 6 heteroatoms. The van der Waals surface area contributed by atoms with Crippen LogP contribution in [0.25, 0.3) is 22.3 Å². The molecule has 25 heavy (non-hydrogen) atoms. The highest BCUT2D eigenvalue weighted by Gasteiger charge is 2.20. The average molecular weight is 358 g/mol. The molecule has 0 N–H and O–H groups in total. The van der Waals surface area contributed by atoms with Crippen LogP contribution in [-0.4, -0.2) is 12.1 Å². The number of carboxylic acids is 1. The number of hydrogen-bond acceptors (Lipinski definition) is 5. The van der Waals surface area contributed by atoms with Crippen molar-refractivity contribution in [1.82, 2.24) is 0 Å². The maximum absolute atomic E-state index is 12.9. The zero-order valence-electron chi connectivity index (χ0n) is 13.5. The number of benzene rings is 2. The molecule has 0 aliphatic heterocycles. The number of rotatable bonds is 4. The van der Waals surface area contributed by atoms with Crippen molar-refractivity contribution in [1.29, 1.82) is 0 Å². The molecule has 1 aromatic heterocycles. The molecule has 0 aliphatic rings. The summed E-state index contributed by atoms with van der Waals surface area (Å²) in [5, 5.41) is 11.7. The third-order valence-electron chi connectivity index (χ3n) is 3.79. The Hall–Kier alpha value is -2.79. The second kappa shape index (κ2) is 6.61. The number of hydrogen-bond donors (Lipinski definition) is 0. The fourth-order valence-electron chi connectivity index (χ4n) is 2.41. The van der Waals surface area contributed by atoms with Crippen LogP contribution in [0.2, 0.25) is 5.02 Å². The zero-order chi connectivity index (χ0) is 18.1. The van der Waals surface area contributed by atoms with E-state index < -0.39 is 17.5 Å². The van der Waals surface area contributed by atoms with Crippen molar-refractivity contribution in [3.63, 3.8) is 0 Å². The quantitative estimate of drug-likeness (QED) is 0.717. The van der Waals surface area contributed by atoms with Crippen LogP contribution < -0.4 is 15.3 Å². The largest absolute Gasteiger partial charge is 0.546 e. The van der Waals surface area contributed by atoms with E-state index in [0.29, 0.717) is 16.2 Å². The lowest BCUT2D eigenvalue weighted by molar-refractivity contribution is -0.312. The van der Waals surface area contributed by atoms with E-state index in [9.17, 15) is 14.7 Å². The Morgan fingerprint density at radius 1 is 1.24 bits per heavy atom. The van der Waals surface area contributed by atoms with Gasteiger partial charge in [-0.05, 0) is 31.5 Å². The van der Waals surface area contributed by atoms with E-state index >= 15 is 0 Å². The Balaban J connectivity index is 2.32. The van der Waals surface area contributed by atoms with Crippen molar-refractivity contribution in [2.24, 2.45) is 0 Å². The molecule has 0 spiro atoms. The Labute approximate surface area is 148 Å². The van der Waals surface area contributed by atoms with E-state index in [2.05, 4.69) is 0 Å². The molecular weight excluding hydrogens is 344 g/mol. The van der Waals surface area contributed by atoms with Crippen molar-refractivity contribution in [3.8, 4) is 17.1 Å². The molecule has 5 nitrogen and oxygen atoms in total. The lowest BCUT2D eigenvalue weighted by Crippen LogP contribution is -2.38. The summed E-state index contributed by atoms with van der Waals surface area (Å²) in [6.45, 7) is 3.09. The molecule has 0 saturated heterocycles. The minimum atomic E-state index is -1.43. The van der Waals surface area contributed by atoms with Crippen LogP contribution in [0.1, 0.15) is 12.5 Å². The molecule has 0 amide bonds. The molecule has 0 aliphatic carbocycles. The highest BCUT2D eigenvalue weighted by Crippen LogP contribution is 2.33. The van der Waals surface area contributed by atoms with Gasteiger partial charge in [-0.3, -0.25) is 4.79 Å². The number of fused-ring (bicyclic) bond motifs is 1. The van der Waals surface area contributed by atoms with E-state index in [0.717, 1.165) is 5.56 Å². The molecule has 1 heterocycles. The fraction of sp³-hybridized carbons (Fsp3) is 0.158. The van der Waals surface area contributed by atoms with Crippen LogP contribution in [0.4, 0.5) is 0 Å². The Kier molecular flexibility index (Phi) is 4.51. The molecule has 0 fully saturated rings. The number of aliphatic carboxylic acids is 1. The van der Waals surface area contributed by atoms with Gasteiger partial charge in [0, 0.05) is 10.6 Å². The molecule has 0 saturated carbocycles. The van der Waals surface area contributed by atoms with Gasteiger partial charge in [-0.25, -0.2) is 0 Å². The van der Waals surface area contributed by atoms with Crippen LogP contribution in [0, 0.1) is 6.92 Å². The summed E-state index contributed by atoms with van der Waals surface area (Å²) in [4.78, 5) is 23.9. The summed E-state index contributed by atoms with van der Waals surface area (Å²) in [6, 6.07) is 12.0. The highest BCUT2D eigenvalue weighted by molar-refractivity contribution is 6.32. The monoisotopic (exact) mass is 357 g/mol. The Morgan fingerprint density at radius 2 is 1.92 bits per heavy atom. The van der Waals surface area contributed by atoms with Crippen molar-refractivity contribution in [2.45, 2.75) is 20.0 Å². The van der Waals surface area contributed by atoms with Crippen LogP contribution in [0.15, 0.2) is 51.7 Å². The van der Waals surface area contributed by atoms with Gasteiger partial charge in [0.2, 0.25) is 11.2 Å². The number of ether oxygens (including phenoxy) is 1. The lowest BCUT2D eigenvalue weighted by Gasteiger charge is -2.17. The van der Waals surface area contributed by atoms with E-state index in [1.54, 1.807) is 37.3 Å². The normalized spacial score (nSPS) is 12.1. The van der Waals surface area contributed by atoms with Crippen LogP contribution in [0.3, 0.4) is 0 Å². The van der Waals surface area contributed by atoms with Gasteiger partial charge >= 0.3 is 0 Å². The van der Waals surface area contributed by atoms with Crippen molar-refractivity contribution in [2.75, 3.05) is 0 Å². The lowest BCUT2D eigenvalue weighted by atomic mass is 10.1. The number of aryl methyl sites for hydroxylation is 1. The summed E-state index contributed by atoms with van der Waals surface area (Å²) in [6.07, 6.45) is -1.32. The third-order valence-corrected chi connectivity index (χ3v) is 4.20. The van der Waals surface area contributed by atoms with Crippen LogP contribution in [0.5, 0.6) is 5.75 Å². The summed E-state index contributed by atoms with van der Waals surface area (Å²) in [5.74, 6) is -1.45. The molecule has 0 radical (unpaired) electrons. The number of carbonyl (C=O) groups is 1. The van der Waals surface area contributed by atoms with Gasteiger partial charge in [-0.2, -0.15) is 0 Å². The number of carbonyl (C=O) groups excluding carboxylic acids is 1. The van der Waals surface area contributed by atoms with Gasteiger partial charge in [-0.1, -0.05) is 41.9 Å². The predicted octanol–water partition coefficient (Wildman–Crippen LogP) is 2.94. The fourth-order valence-corrected chi connectivity index (χ4v) is 2.57. The summed E-state index contributed by atoms with van der Waals surface area (Å²) in [7, 11) is 0. The minimum Gasteiger partial charge on any atom is -0.546 e. The van der Waals surface area contributed by atoms with Gasteiger partial charge in [-0.15, -0.1) is 0 Å². The first-order valence-corrected chi connectivity index (χ1v) is 7.96. The molecule has 3 aromatic rings. The zero-order valence-corrected chi connectivity index (χ0v) is 14.3. The summed E-state index contributed by atoms with van der Waals surface area (Å²) < 4.78 is 11.2. The van der Waals surface area contributed by atoms with E-state index in [1.807, 2.05) is 6.07 Å². The maximum atomic E-state index is 12.9. The van der Waals surface area contributed by atoms with Gasteiger partial charge in [0.05, 0.1) is 11.4 Å². The molecule has 0 unspecified atom stereocenters. The molecule has 0 bridgehead atoms. The first kappa shape index (κ1) is 17.0. The SMILES string of the molecule is Cc1cc2oc(-c3ccccc3)c(O[C@H](C)C(=O)[O-])c(=O)c2cc1Cl.